The molecule has 6 heteroatoms. The van der Waals surface area contributed by atoms with Crippen LogP contribution in [-0.2, 0) is 6.54 Å². The van der Waals surface area contributed by atoms with Crippen LogP contribution >= 0.6 is 0 Å². The molecular formula is C17H20N4O2. The van der Waals surface area contributed by atoms with Crippen molar-refractivity contribution in [2.24, 2.45) is 0 Å². The van der Waals surface area contributed by atoms with Crippen molar-refractivity contribution in [3.8, 4) is 5.75 Å². The first-order chi connectivity index (χ1) is 11.1. The lowest BCUT2D eigenvalue weighted by Crippen LogP contribution is -2.33. The van der Waals surface area contributed by atoms with Crippen LogP contribution in [0.4, 0.5) is 5.82 Å². The van der Waals surface area contributed by atoms with Crippen molar-refractivity contribution in [2.45, 2.75) is 13.5 Å². The number of aromatic nitrogens is 2. The Morgan fingerprint density at radius 2 is 1.96 bits per heavy atom. The van der Waals surface area contributed by atoms with Crippen LogP contribution < -0.4 is 9.64 Å². The number of likely N-dealkylation sites (N-methyl/N-ethyl adjacent to an activating group) is 1. The van der Waals surface area contributed by atoms with Crippen molar-refractivity contribution >= 4 is 11.7 Å². The SMILES string of the molecule is COc1ccc(CN2CCN(C)c3nc(C)ncc3C2=O)cc1. The van der Waals surface area contributed by atoms with E-state index in [1.54, 1.807) is 13.3 Å². The zero-order valence-corrected chi connectivity index (χ0v) is 13.6. The van der Waals surface area contributed by atoms with Crippen molar-refractivity contribution < 1.29 is 9.53 Å². The predicted octanol–water partition coefficient (Wildman–Crippen LogP) is 1.89. The summed E-state index contributed by atoms with van der Waals surface area (Å²) in [6.07, 6.45) is 1.63. The number of methoxy groups -OCH3 is 1. The fraction of sp³-hybridized carbons (Fsp3) is 0.353. The third-order valence-corrected chi connectivity index (χ3v) is 4.01. The monoisotopic (exact) mass is 312 g/mol. The largest absolute Gasteiger partial charge is 0.497 e. The molecule has 1 aromatic heterocycles. The average molecular weight is 312 g/mol. The highest BCUT2D eigenvalue weighted by Crippen LogP contribution is 2.23. The zero-order chi connectivity index (χ0) is 16.4. The number of fused-ring (bicyclic) bond motifs is 1. The van der Waals surface area contributed by atoms with Crippen LogP contribution in [0.1, 0.15) is 21.7 Å². The maximum Gasteiger partial charge on any atom is 0.259 e. The van der Waals surface area contributed by atoms with E-state index in [0.29, 0.717) is 30.3 Å². The van der Waals surface area contributed by atoms with Crippen molar-refractivity contribution in [2.75, 3.05) is 32.1 Å². The number of hydrogen-bond acceptors (Lipinski definition) is 5. The Balaban J connectivity index is 1.86. The number of amides is 1. The molecule has 3 rings (SSSR count). The summed E-state index contributed by atoms with van der Waals surface area (Å²) >= 11 is 0. The predicted molar refractivity (Wildman–Crippen MR) is 87.8 cm³/mol. The number of benzene rings is 1. The molecule has 0 saturated heterocycles. The summed E-state index contributed by atoms with van der Waals surface area (Å²) in [5, 5.41) is 0. The maximum absolute atomic E-state index is 12.8. The van der Waals surface area contributed by atoms with E-state index in [1.807, 2.05) is 48.0 Å². The smallest absolute Gasteiger partial charge is 0.259 e. The van der Waals surface area contributed by atoms with Gasteiger partial charge >= 0.3 is 0 Å². The second kappa shape index (κ2) is 6.24. The Kier molecular flexibility index (Phi) is 4.14. The van der Waals surface area contributed by atoms with Crippen LogP contribution in [0.2, 0.25) is 0 Å². The third kappa shape index (κ3) is 3.11. The number of hydrogen-bond donors (Lipinski definition) is 0. The fourth-order valence-corrected chi connectivity index (χ4v) is 2.65. The van der Waals surface area contributed by atoms with Crippen LogP contribution in [-0.4, -0.2) is 48.0 Å². The Hall–Kier alpha value is -2.63. The Bertz CT molecular complexity index is 715. The van der Waals surface area contributed by atoms with Crippen LogP contribution in [0.25, 0.3) is 0 Å². The quantitative estimate of drug-likeness (QED) is 0.866. The van der Waals surface area contributed by atoms with Crippen LogP contribution in [0, 0.1) is 6.92 Å². The second-order valence-electron chi connectivity index (χ2n) is 5.65. The molecule has 0 N–H and O–H groups in total. The minimum atomic E-state index is -0.0276. The highest BCUT2D eigenvalue weighted by Gasteiger charge is 2.26. The minimum absolute atomic E-state index is 0.0276. The summed E-state index contributed by atoms with van der Waals surface area (Å²) in [7, 11) is 3.59. The molecule has 1 aliphatic heterocycles. The standard InChI is InChI=1S/C17H20N4O2/c1-12-18-10-15-16(19-12)20(2)8-9-21(17(15)22)11-13-4-6-14(23-3)7-5-13/h4-7,10H,8-9,11H2,1-3H3. The molecule has 6 nitrogen and oxygen atoms in total. The summed E-state index contributed by atoms with van der Waals surface area (Å²) in [5.41, 5.74) is 1.63. The molecule has 0 fully saturated rings. The molecule has 0 bridgehead atoms. The van der Waals surface area contributed by atoms with Gasteiger partial charge in [0.15, 0.2) is 0 Å². The molecule has 120 valence electrons. The molecule has 23 heavy (non-hydrogen) atoms. The maximum atomic E-state index is 12.8. The molecule has 1 aromatic carbocycles. The fourth-order valence-electron chi connectivity index (χ4n) is 2.65. The molecule has 0 atom stereocenters. The van der Waals surface area contributed by atoms with Gasteiger partial charge in [-0.1, -0.05) is 12.1 Å². The molecule has 0 saturated carbocycles. The highest BCUT2D eigenvalue weighted by atomic mass is 16.5. The van der Waals surface area contributed by atoms with Crippen LogP contribution in [0.5, 0.6) is 5.75 Å². The van der Waals surface area contributed by atoms with E-state index in [2.05, 4.69) is 9.97 Å². The normalized spacial score (nSPS) is 14.5. The molecule has 0 unspecified atom stereocenters. The summed E-state index contributed by atoms with van der Waals surface area (Å²) in [4.78, 5) is 25.3. The van der Waals surface area contributed by atoms with Gasteiger partial charge in [0.05, 0.1) is 7.11 Å². The Labute approximate surface area is 135 Å². The van der Waals surface area contributed by atoms with Gasteiger partial charge in [-0.15, -0.1) is 0 Å². The van der Waals surface area contributed by atoms with Crippen molar-refractivity contribution in [3.63, 3.8) is 0 Å². The molecule has 2 aromatic rings. The number of aryl methyl sites for hydroxylation is 1. The lowest BCUT2D eigenvalue weighted by molar-refractivity contribution is 0.0754. The number of nitrogens with zero attached hydrogens (tertiary/aromatic N) is 4. The summed E-state index contributed by atoms with van der Waals surface area (Å²) < 4.78 is 5.17. The van der Waals surface area contributed by atoms with Gasteiger partial charge in [0.2, 0.25) is 0 Å². The zero-order valence-electron chi connectivity index (χ0n) is 13.6. The van der Waals surface area contributed by atoms with Crippen molar-refractivity contribution in [3.05, 3.63) is 47.4 Å². The third-order valence-electron chi connectivity index (χ3n) is 4.01. The van der Waals surface area contributed by atoms with Gasteiger partial charge in [0.1, 0.15) is 23.0 Å². The van der Waals surface area contributed by atoms with Gasteiger partial charge in [-0.25, -0.2) is 9.97 Å². The van der Waals surface area contributed by atoms with Gasteiger partial charge in [-0.2, -0.15) is 0 Å². The lowest BCUT2D eigenvalue weighted by atomic mass is 10.2. The molecule has 1 aliphatic rings. The van der Waals surface area contributed by atoms with Gasteiger partial charge in [-0.3, -0.25) is 4.79 Å². The van der Waals surface area contributed by atoms with Crippen LogP contribution in [0.15, 0.2) is 30.5 Å². The van der Waals surface area contributed by atoms with Crippen LogP contribution in [0.3, 0.4) is 0 Å². The molecule has 0 aliphatic carbocycles. The van der Waals surface area contributed by atoms with Crippen molar-refractivity contribution in [1.82, 2.24) is 14.9 Å². The van der Waals surface area contributed by atoms with E-state index in [1.165, 1.54) is 0 Å². The van der Waals surface area contributed by atoms with E-state index in [-0.39, 0.29) is 5.91 Å². The first-order valence-electron chi connectivity index (χ1n) is 7.55. The Morgan fingerprint density at radius 1 is 1.22 bits per heavy atom. The average Bonchev–Trinajstić information content (AvgIpc) is 2.68. The summed E-state index contributed by atoms with van der Waals surface area (Å²) in [6, 6.07) is 7.77. The van der Waals surface area contributed by atoms with Gasteiger partial charge < -0.3 is 14.5 Å². The first kappa shape index (κ1) is 15.3. The number of carbonyl (C=O) groups is 1. The molecule has 0 radical (unpaired) electrons. The van der Waals surface area contributed by atoms with Gasteiger partial charge in [0.25, 0.3) is 5.91 Å². The second-order valence-corrected chi connectivity index (χ2v) is 5.65. The van der Waals surface area contributed by atoms with E-state index in [9.17, 15) is 4.79 Å². The summed E-state index contributed by atoms with van der Waals surface area (Å²) in [6.45, 7) is 3.78. The van der Waals surface area contributed by atoms with Gasteiger partial charge in [0, 0.05) is 32.9 Å². The van der Waals surface area contributed by atoms with E-state index >= 15 is 0 Å². The number of rotatable bonds is 3. The van der Waals surface area contributed by atoms with E-state index in [4.69, 9.17) is 4.74 Å². The Morgan fingerprint density at radius 3 is 2.65 bits per heavy atom. The topological polar surface area (TPSA) is 58.6 Å². The molecular weight excluding hydrogens is 292 g/mol. The first-order valence-corrected chi connectivity index (χ1v) is 7.55. The van der Waals surface area contributed by atoms with E-state index in [0.717, 1.165) is 17.9 Å². The molecule has 0 spiro atoms. The molecule has 2 heterocycles. The lowest BCUT2D eigenvalue weighted by Gasteiger charge is -2.21. The van der Waals surface area contributed by atoms with Crippen molar-refractivity contribution in [1.29, 1.82) is 0 Å². The number of carbonyl (C=O) groups excluding carboxylic acids is 1. The highest BCUT2D eigenvalue weighted by molar-refractivity contribution is 5.99. The minimum Gasteiger partial charge on any atom is -0.497 e. The van der Waals surface area contributed by atoms with Gasteiger partial charge in [-0.05, 0) is 24.6 Å². The number of anilines is 1. The summed E-state index contributed by atoms with van der Waals surface area (Å²) in [5.74, 6) is 2.16. The van der Waals surface area contributed by atoms with E-state index < -0.39 is 0 Å². The number of ether oxygens (including phenoxy) is 1. The molecule has 1 amide bonds.